The molecule has 2 N–H and O–H groups in total. The minimum atomic E-state index is -0.436. The average molecular weight is 431 g/mol. The van der Waals surface area contributed by atoms with Gasteiger partial charge < -0.3 is 9.88 Å². The van der Waals surface area contributed by atoms with Crippen molar-refractivity contribution in [2.45, 2.75) is 26.3 Å². The molecule has 1 aliphatic rings. The zero-order valence-corrected chi connectivity index (χ0v) is 18.4. The van der Waals surface area contributed by atoms with Gasteiger partial charge in [-0.2, -0.15) is 5.10 Å². The van der Waals surface area contributed by atoms with Gasteiger partial charge in [0.1, 0.15) is 5.82 Å². The summed E-state index contributed by atoms with van der Waals surface area (Å²) in [6, 6.07) is 15.3. The second kappa shape index (κ2) is 7.78. The summed E-state index contributed by atoms with van der Waals surface area (Å²) in [5.74, 6) is 0.871. The van der Waals surface area contributed by atoms with E-state index < -0.39 is 5.92 Å². The molecule has 2 aromatic carbocycles. The highest BCUT2D eigenvalue weighted by molar-refractivity contribution is 6.05. The van der Waals surface area contributed by atoms with Gasteiger partial charge in [-0.3, -0.25) is 19.6 Å². The van der Waals surface area contributed by atoms with Crippen LogP contribution in [0.3, 0.4) is 0 Å². The number of carbonyl (C=O) groups is 2. The number of aromatic amines is 1. The van der Waals surface area contributed by atoms with E-state index in [2.05, 4.69) is 29.4 Å². The highest BCUT2D eigenvalue weighted by Crippen LogP contribution is 2.31. The van der Waals surface area contributed by atoms with E-state index in [9.17, 15) is 9.59 Å². The molecule has 1 saturated heterocycles. The standard InChI is InChI=1S/C24H26N6O2/c1-14(2)21(23-25-18-10-6-7-11-19(18)29(23)3)26-24(32)15-12-20(31)30(13-15)22-16-8-4-5-9-17(16)27-28-22/h4-11,14-15,21H,12-13H2,1-3H3,(H,26,32)(H,27,28)/t15-,21+/m0/s1. The van der Waals surface area contributed by atoms with E-state index in [0.29, 0.717) is 12.4 Å². The van der Waals surface area contributed by atoms with E-state index in [-0.39, 0.29) is 30.2 Å². The Morgan fingerprint density at radius 1 is 1.16 bits per heavy atom. The Bertz CT molecular complexity index is 1320. The van der Waals surface area contributed by atoms with Crippen molar-refractivity contribution in [3.05, 3.63) is 54.4 Å². The van der Waals surface area contributed by atoms with Gasteiger partial charge in [0.25, 0.3) is 0 Å². The van der Waals surface area contributed by atoms with Crippen LogP contribution >= 0.6 is 0 Å². The van der Waals surface area contributed by atoms with Crippen LogP contribution in [0.25, 0.3) is 21.9 Å². The number of nitrogens with one attached hydrogen (secondary N) is 2. The number of aromatic nitrogens is 4. The summed E-state index contributed by atoms with van der Waals surface area (Å²) in [4.78, 5) is 32.4. The van der Waals surface area contributed by atoms with Crippen molar-refractivity contribution in [3.63, 3.8) is 0 Å². The fourth-order valence-corrected chi connectivity index (χ4v) is 4.49. The molecule has 0 radical (unpaired) electrons. The predicted molar refractivity (Wildman–Crippen MR) is 123 cm³/mol. The monoisotopic (exact) mass is 430 g/mol. The molecule has 0 bridgehead atoms. The summed E-state index contributed by atoms with van der Waals surface area (Å²) < 4.78 is 2.03. The lowest BCUT2D eigenvalue weighted by Crippen LogP contribution is -2.38. The number of carbonyl (C=O) groups excluding carboxylic acids is 2. The van der Waals surface area contributed by atoms with Gasteiger partial charge >= 0.3 is 0 Å². The molecule has 164 valence electrons. The van der Waals surface area contributed by atoms with Crippen molar-refractivity contribution in [3.8, 4) is 0 Å². The van der Waals surface area contributed by atoms with Crippen LogP contribution in [-0.2, 0) is 16.6 Å². The summed E-state index contributed by atoms with van der Waals surface area (Å²) in [5, 5.41) is 11.3. The van der Waals surface area contributed by atoms with Gasteiger partial charge in [-0.05, 0) is 30.2 Å². The summed E-state index contributed by atoms with van der Waals surface area (Å²) in [5.41, 5.74) is 2.79. The normalized spacial score (nSPS) is 17.6. The predicted octanol–water partition coefficient (Wildman–Crippen LogP) is 3.32. The van der Waals surface area contributed by atoms with Crippen LogP contribution in [0.1, 0.15) is 32.1 Å². The number of para-hydroxylation sites is 3. The second-order valence-electron chi connectivity index (χ2n) is 8.75. The molecule has 8 nitrogen and oxygen atoms in total. The first-order chi connectivity index (χ1) is 15.4. The Morgan fingerprint density at radius 2 is 1.91 bits per heavy atom. The molecule has 32 heavy (non-hydrogen) atoms. The first-order valence-electron chi connectivity index (χ1n) is 10.9. The molecule has 1 fully saturated rings. The summed E-state index contributed by atoms with van der Waals surface area (Å²) in [7, 11) is 1.97. The number of aryl methyl sites for hydroxylation is 1. The van der Waals surface area contributed by atoms with Crippen LogP contribution in [-0.4, -0.2) is 38.1 Å². The van der Waals surface area contributed by atoms with E-state index in [1.807, 2.05) is 60.1 Å². The van der Waals surface area contributed by atoms with Crippen molar-refractivity contribution >= 4 is 39.6 Å². The van der Waals surface area contributed by atoms with Gasteiger partial charge in [-0.1, -0.05) is 38.1 Å². The Kier molecular flexibility index (Phi) is 4.92. The Morgan fingerprint density at radius 3 is 2.69 bits per heavy atom. The number of imidazole rings is 1. The lowest BCUT2D eigenvalue weighted by atomic mass is 10.0. The van der Waals surface area contributed by atoms with E-state index in [1.165, 1.54) is 0 Å². The molecule has 1 aliphatic heterocycles. The zero-order chi connectivity index (χ0) is 22.4. The average Bonchev–Trinajstić information content (AvgIpc) is 3.47. The van der Waals surface area contributed by atoms with Crippen molar-refractivity contribution in [1.29, 1.82) is 0 Å². The van der Waals surface area contributed by atoms with Crippen LogP contribution in [0.2, 0.25) is 0 Å². The van der Waals surface area contributed by atoms with Gasteiger partial charge in [0.15, 0.2) is 5.82 Å². The fourth-order valence-electron chi connectivity index (χ4n) is 4.49. The summed E-state index contributed by atoms with van der Waals surface area (Å²) in [6.45, 7) is 4.44. The fraction of sp³-hybridized carbons (Fsp3) is 0.333. The number of anilines is 1. The van der Waals surface area contributed by atoms with Gasteiger partial charge in [-0.15, -0.1) is 0 Å². The molecule has 0 spiro atoms. The van der Waals surface area contributed by atoms with Gasteiger partial charge in [0.05, 0.1) is 28.5 Å². The van der Waals surface area contributed by atoms with Crippen molar-refractivity contribution in [2.24, 2.45) is 18.9 Å². The number of hydrogen-bond donors (Lipinski definition) is 2. The van der Waals surface area contributed by atoms with E-state index >= 15 is 0 Å². The number of rotatable bonds is 5. The van der Waals surface area contributed by atoms with Gasteiger partial charge in [-0.25, -0.2) is 4.98 Å². The molecule has 2 atom stereocenters. The van der Waals surface area contributed by atoms with E-state index in [1.54, 1.807) is 4.90 Å². The lowest BCUT2D eigenvalue weighted by Gasteiger charge is -2.24. The molecule has 2 aromatic heterocycles. The van der Waals surface area contributed by atoms with Crippen molar-refractivity contribution < 1.29 is 9.59 Å². The highest BCUT2D eigenvalue weighted by Gasteiger charge is 2.38. The third-order valence-corrected chi connectivity index (χ3v) is 6.27. The quantitative estimate of drug-likeness (QED) is 0.508. The number of H-pyrrole nitrogens is 1. The first-order valence-corrected chi connectivity index (χ1v) is 10.9. The highest BCUT2D eigenvalue weighted by atomic mass is 16.2. The molecule has 5 rings (SSSR count). The maximum absolute atomic E-state index is 13.2. The minimum Gasteiger partial charge on any atom is -0.346 e. The molecule has 0 saturated carbocycles. The largest absolute Gasteiger partial charge is 0.346 e. The molecule has 0 aliphatic carbocycles. The number of hydrogen-bond acceptors (Lipinski definition) is 4. The minimum absolute atomic E-state index is 0.0915. The number of fused-ring (bicyclic) bond motifs is 2. The van der Waals surface area contributed by atoms with Crippen LogP contribution < -0.4 is 10.2 Å². The SMILES string of the molecule is CC(C)[C@@H](NC(=O)[C@H]1CC(=O)N(c2n[nH]c3ccccc23)C1)c1nc2ccccc2n1C. The summed E-state index contributed by atoms with van der Waals surface area (Å²) >= 11 is 0. The Labute approximate surface area is 185 Å². The molecule has 3 heterocycles. The van der Waals surface area contributed by atoms with Crippen LogP contribution in [0.15, 0.2) is 48.5 Å². The smallest absolute Gasteiger partial charge is 0.229 e. The van der Waals surface area contributed by atoms with Crippen molar-refractivity contribution in [2.75, 3.05) is 11.4 Å². The van der Waals surface area contributed by atoms with Crippen LogP contribution in [0.4, 0.5) is 5.82 Å². The Balaban J connectivity index is 1.37. The van der Waals surface area contributed by atoms with Crippen molar-refractivity contribution in [1.82, 2.24) is 25.1 Å². The topological polar surface area (TPSA) is 95.9 Å². The first kappa shape index (κ1) is 20.2. The number of amides is 2. The van der Waals surface area contributed by atoms with Crippen LogP contribution in [0, 0.1) is 11.8 Å². The molecule has 0 unspecified atom stereocenters. The molecule has 2 amide bonds. The molecule has 4 aromatic rings. The van der Waals surface area contributed by atoms with Crippen LogP contribution in [0.5, 0.6) is 0 Å². The maximum atomic E-state index is 13.2. The molecule has 8 heteroatoms. The third kappa shape index (κ3) is 3.32. The zero-order valence-electron chi connectivity index (χ0n) is 18.4. The van der Waals surface area contributed by atoms with E-state index in [4.69, 9.17) is 4.98 Å². The van der Waals surface area contributed by atoms with E-state index in [0.717, 1.165) is 27.8 Å². The number of benzene rings is 2. The van der Waals surface area contributed by atoms with Gasteiger partial charge in [0.2, 0.25) is 11.8 Å². The summed E-state index contributed by atoms with van der Waals surface area (Å²) in [6.07, 6.45) is 0.167. The number of nitrogens with zero attached hydrogens (tertiary/aromatic N) is 4. The molecular formula is C24H26N6O2. The maximum Gasteiger partial charge on any atom is 0.229 e. The Hall–Kier alpha value is -3.68. The third-order valence-electron chi connectivity index (χ3n) is 6.27. The molecular weight excluding hydrogens is 404 g/mol. The second-order valence-corrected chi connectivity index (χ2v) is 8.75. The lowest BCUT2D eigenvalue weighted by molar-refractivity contribution is -0.127. The van der Waals surface area contributed by atoms with Gasteiger partial charge in [0, 0.05) is 25.4 Å².